The minimum absolute atomic E-state index is 0.0634. The van der Waals surface area contributed by atoms with Crippen molar-refractivity contribution in [2.75, 3.05) is 38.1 Å². The number of β-amino-alcohol motifs (C(OH)–C–C–N with tert-alkyl or cyclic N) is 1. The van der Waals surface area contributed by atoms with Crippen LogP contribution in [0.15, 0.2) is 48.5 Å². The van der Waals surface area contributed by atoms with Crippen molar-refractivity contribution >= 4 is 17.5 Å². The molecule has 0 aliphatic carbocycles. The summed E-state index contributed by atoms with van der Waals surface area (Å²) in [5.74, 6) is -0.400. The molecule has 1 saturated heterocycles. The highest BCUT2D eigenvalue weighted by Crippen LogP contribution is 2.32. The van der Waals surface area contributed by atoms with Crippen molar-refractivity contribution in [2.45, 2.75) is 31.9 Å². The Labute approximate surface area is 177 Å². The number of fused-ring (bicyclic) bond motifs is 1. The number of aliphatic hydroxyl groups is 1. The van der Waals surface area contributed by atoms with Gasteiger partial charge in [-0.3, -0.25) is 19.4 Å². The van der Waals surface area contributed by atoms with Gasteiger partial charge >= 0.3 is 0 Å². The van der Waals surface area contributed by atoms with Crippen molar-refractivity contribution in [3.63, 3.8) is 0 Å². The van der Waals surface area contributed by atoms with E-state index in [0.717, 1.165) is 31.6 Å². The summed E-state index contributed by atoms with van der Waals surface area (Å²) in [5, 5.41) is 9.94. The summed E-state index contributed by atoms with van der Waals surface area (Å²) < 4.78 is 0. The van der Waals surface area contributed by atoms with Gasteiger partial charge in [0.25, 0.3) is 11.8 Å². The van der Waals surface area contributed by atoms with Crippen LogP contribution in [0.4, 0.5) is 5.69 Å². The van der Waals surface area contributed by atoms with Gasteiger partial charge in [-0.25, -0.2) is 0 Å². The molecule has 0 unspecified atom stereocenters. The summed E-state index contributed by atoms with van der Waals surface area (Å²) in [6.07, 6.45) is 1.28. The zero-order valence-electron chi connectivity index (χ0n) is 17.6. The second-order valence-corrected chi connectivity index (χ2v) is 8.23. The molecule has 4 rings (SSSR count). The highest BCUT2D eigenvalue weighted by atomic mass is 16.3. The number of rotatable bonds is 7. The first-order valence-electron chi connectivity index (χ1n) is 10.7. The molecule has 2 amide bonds. The minimum Gasteiger partial charge on any atom is -0.392 e. The smallest absolute Gasteiger partial charge is 0.261 e. The summed E-state index contributed by atoms with van der Waals surface area (Å²) in [7, 11) is 2.02. The predicted molar refractivity (Wildman–Crippen MR) is 117 cm³/mol. The number of carbonyl (C=O) groups is 2. The van der Waals surface area contributed by atoms with Gasteiger partial charge in [-0.05, 0) is 36.6 Å². The van der Waals surface area contributed by atoms with E-state index in [4.69, 9.17) is 0 Å². The molecule has 0 aromatic heterocycles. The highest BCUT2D eigenvalue weighted by molar-refractivity contribution is 6.21. The summed E-state index contributed by atoms with van der Waals surface area (Å²) in [6.45, 7) is 4.75. The van der Waals surface area contributed by atoms with Gasteiger partial charge < -0.3 is 10.0 Å². The lowest BCUT2D eigenvalue weighted by Crippen LogP contribution is -2.36. The van der Waals surface area contributed by atoms with Gasteiger partial charge in [0.2, 0.25) is 0 Å². The topological polar surface area (TPSA) is 64.1 Å². The van der Waals surface area contributed by atoms with Crippen LogP contribution in [-0.2, 0) is 0 Å². The fourth-order valence-electron chi connectivity index (χ4n) is 4.45. The standard InChI is InChI=1S/C24H29N3O3/c1-3-12-27-23(29)20-10-9-18(14-21(20)24(27)30)25(2)22(17-7-5-4-6-8-17)16-26-13-11-19(28)15-26/h4-10,14,19,22,28H,3,11-13,15-16H2,1-2H3/t19-,22+/m0/s1. The zero-order valence-corrected chi connectivity index (χ0v) is 17.6. The number of carbonyl (C=O) groups excluding carboxylic acids is 2. The normalized spacial score (nSPS) is 20.0. The maximum atomic E-state index is 12.8. The van der Waals surface area contributed by atoms with E-state index < -0.39 is 0 Å². The third-order valence-electron chi connectivity index (χ3n) is 6.14. The molecule has 0 bridgehead atoms. The largest absolute Gasteiger partial charge is 0.392 e. The number of likely N-dealkylation sites (tertiary alicyclic amines) is 1. The Morgan fingerprint density at radius 3 is 2.50 bits per heavy atom. The number of hydrogen-bond acceptors (Lipinski definition) is 5. The van der Waals surface area contributed by atoms with E-state index in [9.17, 15) is 14.7 Å². The quantitative estimate of drug-likeness (QED) is 0.715. The van der Waals surface area contributed by atoms with Crippen LogP contribution in [-0.4, -0.2) is 66.1 Å². The molecule has 1 fully saturated rings. The number of benzene rings is 2. The Morgan fingerprint density at radius 2 is 1.83 bits per heavy atom. The van der Waals surface area contributed by atoms with E-state index in [1.54, 1.807) is 6.07 Å². The third-order valence-corrected chi connectivity index (χ3v) is 6.14. The van der Waals surface area contributed by atoms with E-state index >= 15 is 0 Å². The Kier molecular flexibility index (Phi) is 5.88. The third kappa shape index (κ3) is 3.85. The van der Waals surface area contributed by atoms with Gasteiger partial charge in [-0.2, -0.15) is 0 Å². The Hall–Kier alpha value is -2.70. The second kappa shape index (κ2) is 8.58. The minimum atomic E-state index is -0.264. The van der Waals surface area contributed by atoms with Crippen LogP contribution in [0, 0.1) is 0 Å². The average molecular weight is 408 g/mol. The van der Waals surface area contributed by atoms with Crippen LogP contribution in [0.5, 0.6) is 0 Å². The first kappa shape index (κ1) is 20.6. The van der Waals surface area contributed by atoms with Crippen molar-refractivity contribution in [1.82, 2.24) is 9.80 Å². The molecule has 2 aromatic carbocycles. The van der Waals surface area contributed by atoms with Crippen molar-refractivity contribution < 1.29 is 14.7 Å². The summed E-state index contributed by atoms with van der Waals surface area (Å²) >= 11 is 0. The molecular formula is C24H29N3O3. The van der Waals surface area contributed by atoms with E-state index in [2.05, 4.69) is 21.9 Å². The fourth-order valence-corrected chi connectivity index (χ4v) is 4.45. The van der Waals surface area contributed by atoms with Crippen LogP contribution in [0.25, 0.3) is 0 Å². The molecule has 1 N–H and O–H groups in total. The number of anilines is 1. The second-order valence-electron chi connectivity index (χ2n) is 8.23. The highest BCUT2D eigenvalue weighted by Gasteiger charge is 2.35. The Morgan fingerprint density at radius 1 is 1.10 bits per heavy atom. The molecule has 6 heteroatoms. The molecule has 0 saturated carbocycles. The lowest BCUT2D eigenvalue weighted by atomic mass is 10.0. The number of aliphatic hydroxyl groups excluding tert-OH is 1. The number of amides is 2. The summed E-state index contributed by atoms with van der Waals surface area (Å²) in [4.78, 5) is 31.1. The number of nitrogens with zero attached hydrogens (tertiary/aromatic N) is 3. The van der Waals surface area contributed by atoms with Gasteiger partial charge in [0.15, 0.2) is 0 Å². The fraction of sp³-hybridized carbons (Fsp3) is 0.417. The van der Waals surface area contributed by atoms with Crippen molar-refractivity contribution in [3.8, 4) is 0 Å². The van der Waals surface area contributed by atoms with Crippen LogP contribution in [0.3, 0.4) is 0 Å². The number of imide groups is 1. The first-order chi connectivity index (χ1) is 14.5. The molecule has 2 heterocycles. The van der Waals surface area contributed by atoms with Gasteiger partial charge in [-0.1, -0.05) is 37.3 Å². The molecule has 0 spiro atoms. The number of hydrogen-bond donors (Lipinski definition) is 1. The lowest BCUT2D eigenvalue weighted by Gasteiger charge is -2.33. The van der Waals surface area contributed by atoms with Crippen LogP contribution >= 0.6 is 0 Å². The van der Waals surface area contributed by atoms with Crippen molar-refractivity contribution in [1.29, 1.82) is 0 Å². The van der Waals surface area contributed by atoms with Crippen molar-refractivity contribution in [3.05, 3.63) is 65.2 Å². The first-order valence-corrected chi connectivity index (χ1v) is 10.7. The average Bonchev–Trinajstić information content (AvgIpc) is 3.28. The molecule has 158 valence electrons. The van der Waals surface area contributed by atoms with Crippen molar-refractivity contribution in [2.24, 2.45) is 0 Å². The number of likely N-dealkylation sites (N-methyl/N-ethyl adjacent to an activating group) is 1. The van der Waals surface area contributed by atoms with Gasteiger partial charge in [0.1, 0.15) is 0 Å². The van der Waals surface area contributed by atoms with Gasteiger partial charge in [-0.15, -0.1) is 0 Å². The van der Waals surface area contributed by atoms with Crippen LogP contribution in [0.1, 0.15) is 52.1 Å². The van der Waals surface area contributed by atoms with E-state index in [-0.39, 0.29) is 24.0 Å². The van der Waals surface area contributed by atoms with Gasteiger partial charge in [0.05, 0.1) is 23.3 Å². The maximum absolute atomic E-state index is 12.8. The molecule has 30 heavy (non-hydrogen) atoms. The molecule has 2 aromatic rings. The van der Waals surface area contributed by atoms with Crippen LogP contribution in [0.2, 0.25) is 0 Å². The zero-order chi connectivity index (χ0) is 21.3. The molecule has 2 aliphatic heterocycles. The Balaban J connectivity index is 1.63. The summed E-state index contributed by atoms with van der Waals surface area (Å²) in [5.41, 5.74) is 3.06. The molecule has 2 aliphatic rings. The van der Waals surface area contributed by atoms with E-state index in [0.29, 0.717) is 24.2 Å². The Bertz CT molecular complexity index is 931. The molecule has 2 atom stereocenters. The monoisotopic (exact) mass is 407 g/mol. The molecule has 6 nitrogen and oxygen atoms in total. The molecular weight excluding hydrogens is 378 g/mol. The SMILES string of the molecule is CCCN1C(=O)c2ccc(N(C)[C@H](CN3CC[C@H](O)C3)c3ccccc3)cc2C1=O. The molecule has 0 radical (unpaired) electrons. The van der Waals surface area contributed by atoms with Gasteiger partial charge in [0, 0.05) is 38.9 Å². The van der Waals surface area contributed by atoms with E-state index in [1.165, 1.54) is 10.5 Å². The lowest BCUT2D eigenvalue weighted by molar-refractivity contribution is 0.0654. The summed E-state index contributed by atoms with van der Waals surface area (Å²) in [6, 6.07) is 15.9. The van der Waals surface area contributed by atoms with Crippen LogP contribution < -0.4 is 4.90 Å². The predicted octanol–water partition coefficient (Wildman–Crippen LogP) is 2.94. The van der Waals surface area contributed by atoms with E-state index in [1.807, 2.05) is 44.3 Å². The maximum Gasteiger partial charge on any atom is 0.261 e.